The summed E-state index contributed by atoms with van der Waals surface area (Å²) in [7, 11) is 0. The number of aryl methyl sites for hydroxylation is 2. The van der Waals surface area contributed by atoms with Gasteiger partial charge in [-0.1, -0.05) is 13.8 Å². The van der Waals surface area contributed by atoms with Crippen LogP contribution in [0.25, 0.3) is 0 Å². The summed E-state index contributed by atoms with van der Waals surface area (Å²) in [6.45, 7) is 4.24. The molecular formula is C10H18Zr. The molecule has 62 valence electrons. The van der Waals surface area contributed by atoms with Gasteiger partial charge in [-0.15, -0.1) is 0 Å². The van der Waals surface area contributed by atoms with E-state index in [-0.39, 0.29) is 48.5 Å². The van der Waals surface area contributed by atoms with Crippen molar-refractivity contribution in [3.05, 3.63) is 51.6 Å². The van der Waals surface area contributed by atoms with Crippen LogP contribution in [-0.4, -0.2) is 0 Å². The molecule has 0 nitrogen and oxygen atoms in total. The van der Waals surface area contributed by atoms with Gasteiger partial charge in [0, 0.05) is 0 Å². The molecular weight excluding hydrogens is 211 g/mol. The van der Waals surface area contributed by atoms with Crippen LogP contribution in [-0.2, 0) is 26.2 Å². The van der Waals surface area contributed by atoms with E-state index in [0.29, 0.717) is 0 Å². The van der Waals surface area contributed by atoms with Crippen molar-refractivity contribution >= 4 is 0 Å². The van der Waals surface area contributed by atoms with E-state index >= 15 is 0 Å². The van der Waals surface area contributed by atoms with Gasteiger partial charge >= 0.3 is 26.2 Å². The number of rotatable bonds is 0. The molecule has 0 aliphatic carbocycles. The van der Waals surface area contributed by atoms with Crippen molar-refractivity contribution in [3.63, 3.8) is 0 Å². The molecule has 0 bridgehead atoms. The van der Waals surface area contributed by atoms with Gasteiger partial charge < -0.3 is 22.3 Å². The van der Waals surface area contributed by atoms with Crippen LogP contribution in [0.1, 0.15) is 11.1 Å². The van der Waals surface area contributed by atoms with E-state index < -0.39 is 0 Å². The second kappa shape index (κ2) is 10.2. The first-order valence-electron chi connectivity index (χ1n) is 2.49. The fourth-order valence-electron chi connectivity index (χ4n) is 0.600. The summed E-state index contributed by atoms with van der Waals surface area (Å²) in [5.74, 6) is 0. The third-order valence-corrected chi connectivity index (χ3v) is 1.31. The molecule has 0 spiro atoms. The molecule has 0 unspecified atom stereocenters. The monoisotopic (exact) mass is 228 g/mol. The topological polar surface area (TPSA) is 0 Å². The summed E-state index contributed by atoms with van der Waals surface area (Å²) in [5.41, 5.74) is 2.78. The average molecular weight is 229 g/mol. The maximum atomic E-state index is 2.12. The van der Waals surface area contributed by atoms with E-state index in [1.54, 1.807) is 0 Å². The van der Waals surface area contributed by atoms with Crippen molar-refractivity contribution < 1.29 is 26.2 Å². The third kappa shape index (κ3) is 6.62. The largest absolute Gasteiger partial charge is 4.00 e. The van der Waals surface area contributed by atoms with Crippen LogP contribution in [0.3, 0.4) is 0 Å². The van der Waals surface area contributed by atoms with Gasteiger partial charge in [0.2, 0.25) is 0 Å². The Labute approximate surface area is 91.5 Å². The second-order valence-corrected chi connectivity index (χ2v) is 1.89. The molecule has 11 heavy (non-hydrogen) atoms. The van der Waals surface area contributed by atoms with Crippen molar-refractivity contribution in [2.24, 2.45) is 0 Å². The van der Waals surface area contributed by atoms with Crippen molar-refractivity contribution in [1.82, 2.24) is 0 Å². The Hall–Kier alpha value is 0.233. The Bertz CT molecular complexity index is 137. The SMILES string of the molecule is Cc1ccc[c-]1C.[CH3-].[CH3-].[CH3-].[Zr+4]. The molecule has 1 aromatic rings. The third-order valence-electron chi connectivity index (χ3n) is 1.31. The minimum atomic E-state index is 0. The molecule has 0 aliphatic rings. The zero-order chi connectivity index (χ0) is 5.28. The Morgan fingerprint density at radius 2 is 1.64 bits per heavy atom. The molecule has 1 heteroatoms. The maximum absolute atomic E-state index is 2.12. The Morgan fingerprint density at radius 1 is 1.18 bits per heavy atom. The van der Waals surface area contributed by atoms with Crippen LogP contribution in [0.2, 0.25) is 0 Å². The molecule has 1 aromatic carbocycles. The normalized spacial score (nSPS) is 6.00. The summed E-state index contributed by atoms with van der Waals surface area (Å²) in [6, 6.07) is 6.31. The predicted octanol–water partition coefficient (Wildman–Crippen LogP) is 3.37. The summed E-state index contributed by atoms with van der Waals surface area (Å²) in [6.07, 6.45) is 0. The molecule has 0 atom stereocenters. The van der Waals surface area contributed by atoms with Gasteiger partial charge in [-0.25, -0.2) is 12.1 Å². The van der Waals surface area contributed by atoms with E-state index in [4.69, 9.17) is 0 Å². The van der Waals surface area contributed by atoms with Crippen LogP contribution >= 0.6 is 0 Å². The Balaban J connectivity index is -0.0000000612. The van der Waals surface area contributed by atoms with Crippen molar-refractivity contribution in [1.29, 1.82) is 0 Å². The zero-order valence-electron chi connectivity index (χ0n) is 8.23. The fraction of sp³-hybridized carbons (Fsp3) is 0.200. The first-order valence-corrected chi connectivity index (χ1v) is 2.49. The molecule has 0 heterocycles. The standard InChI is InChI=1S/C7H9.3CH3.Zr/c1-6-4-3-5-7(6)2;;;;/h3-5H,1-2H3;3*1H3;/q4*-1;+4. The Kier molecular flexibility index (Phi) is 20.9. The van der Waals surface area contributed by atoms with Crippen molar-refractivity contribution in [3.8, 4) is 0 Å². The quantitative estimate of drug-likeness (QED) is 0.598. The van der Waals surface area contributed by atoms with Gasteiger partial charge in [0.15, 0.2) is 0 Å². The first kappa shape index (κ1) is 22.5. The minimum absolute atomic E-state index is 0. The van der Waals surface area contributed by atoms with Gasteiger partial charge in [0.25, 0.3) is 0 Å². The molecule has 0 radical (unpaired) electrons. The molecule has 0 fully saturated rings. The maximum Gasteiger partial charge on any atom is 4.00 e. The second-order valence-electron chi connectivity index (χ2n) is 1.89. The Morgan fingerprint density at radius 3 is 1.73 bits per heavy atom. The average Bonchev–Trinajstić information content (AvgIpc) is 1.91. The van der Waals surface area contributed by atoms with Gasteiger partial charge in [0.05, 0.1) is 0 Å². The van der Waals surface area contributed by atoms with E-state index in [2.05, 4.69) is 32.0 Å². The van der Waals surface area contributed by atoms with Gasteiger partial charge in [-0.05, 0) is 0 Å². The van der Waals surface area contributed by atoms with Crippen LogP contribution in [0.15, 0.2) is 18.2 Å². The van der Waals surface area contributed by atoms with E-state index in [1.165, 1.54) is 11.1 Å². The summed E-state index contributed by atoms with van der Waals surface area (Å²) in [5, 5.41) is 0. The zero-order valence-corrected chi connectivity index (χ0v) is 10.7. The first-order chi connectivity index (χ1) is 3.30. The molecule has 0 saturated heterocycles. The molecule has 0 N–H and O–H groups in total. The smallest absolute Gasteiger partial charge is 0.358 e. The molecule has 0 saturated carbocycles. The van der Waals surface area contributed by atoms with Gasteiger partial charge in [-0.2, -0.15) is 17.2 Å². The van der Waals surface area contributed by atoms with Crippen LogP contribution in [0, 0.1) is 36.1 Å². The summed E-state index contributed by atoms with van der Waals surface area (Å²) in [4.78, 5) is 0. The van der Waals surface area contributed by atoms with E-state index in [0.717, 1.165) is 0 Å². The van der Waals surface area contributed by atoms with E-state index in [1.807, 2.05) is 0 Å². The summed E-state index contributed by atoms with van der Waals surface area (Å²) >= 11 is 0. The van der Waals surface area contributed by atoms with Crippen LogP contribution in [0.4, 0.5) is 0 Å². The molecule has 0 amide bonds. The molecule has 0 aromatic heterocycles. The summed E-state index contributed by atoms with van der Waals surface area (Å²) < 4.78 is 0. The van der Waals surface area contributed by atoms with Gasteiger partial charge in [0.1, 0.15) is 0 Å². The van der Waals surface area contributed by atoms with Gasteiger partial charge in [-0.3, -0.25) is 0 Å². The minimum Gasteiger partial charge on any atom is -0.358 e. The number of hydrogen-bond donors (Lipinski definition) is 0. The number of hydrogen-bond acceptors (Lipinski definition) is 0. The molecule has 0 aliphatic heterocycles. The van der Waals surface area contributed by atoms with Crippen molar-refractivity contribution in [2.75, 3.05) is 0 Å². The fourth-order valence-corrected chi connectivity index (χ4v) is 0.600. The molecule has 1 rings (SSSR count). The van der Waals surface area contributed by atoms with E-state index in [9.17, 15) is 0 Å². The predicted molar refractivity (Wildman–Crippen MR) is 50.8 cm³/mol. The van der Waals surface area contributed by atoms with Crippen LogP contribution in [0.5, 0.6) is 0 Å². The van der Waals surface area contributed by atoms with Crippen LogP contribution < -0.4 is 0 Å². The van der Waals surface area contributed by atoms with Crippen molar-refractivity contribution in [2.45, 2.75) is 13.8 Å².